The van der Waals surface area contributed by atoms with E-state index in [0.717, 1.165) is 24.0 Å². The van der Waals surface area contributed by atoms with Crippen LogP contribution >= 0.6 is 11.8 Å². The standard InChI is InChI=1S/C16H23NOS/c1-16(2)10-14(17-11-12-6-5-9-19-12)13-7-3-4-8-15(13)18-16/h3-4,7-8,12,14,17H,5-6,9-11H2,1-2H3. The minimum Gasteiger partial charge on any atom is -0.487 e. The fourth-order valence-electron chi connectivity index (χ4n) is 3.06. The van der Waals surface area contributed by atoms with E-state index in [-0.39, 0.29) is 5.60 Å². The highest BCUT2D eigenvalue weighted by atomic mass is 32.2. The molecule has 0 aliphatic carbocycles. The first-order valence-corrected chi connectivity index (χ1v) is 8.32. The molecular weight excluding hydrogens is 254 g/mol. The topological polar surface area (TPSA) is 21.3 Å². The van der Waals surface area contributed by atoms with Crippen LogP contribution in [0.15, 0.2) is 24.3 Å². The second-order valence-electron chi connectivity index (χ2n) is 6.20. The molecular formula is C16H23NOS. The highest BCUT2D eigenvalue weighted by Gasteiger charge is 2.33. The highest BCUT2D eigenvalue weighted by Crippen LogP contribution is 2.39. The molecule has 0 spiro atoms. The van der Waals surface area contributed by atoms with Crippen molar-refractivity contribution < 1.29 is 4.74 Å². The quantitative estimate of drug-likeness (QED) is 0.908. The van der Waals surface area contributed by atoms with Gasteiger partial charge in [0.1, 0.15) is 11.4 Å². The van der Waals surface area contributed by atoms with Crippen molar-refractivity contribution in [2.24, 2.45) is 0 Å². The molecule has 0 amide bonds. The van der Waals surface area contributed by atoms with E-state index in [1.165, 1.54) is 24.2 Å². The zero-order chi connectivity index (χ0) is 13.3. The van der Waals surface area contributed by atoms with Crippen molar-refractivity contribution in [3.05, 3.63) is 29.8 Å². The number of fused-ring (bicyclic) bond motifs is 1. The fourth-order valence-corrected chi connectivity index (χ4v) is 4.28. The molecule has 104 valence electrons. The lowest BCUT2D eigenvalue weighted by molar-refractivity contribution is 0.0661. The predicted octanol–water partition coefficient (Wildman–Crippen LogP) is 3.77. The lowest BCUT2D eigenvalue weighted by Crippen LogP contribution is -2.40. The van der Waals surface area contributed by atoms with Crippen molar-refractivity contribution in [1.82, 2.24) is 5.32 Å². The number of benzene rings is 1. The molecule has 1 saturated heterocycles. The van der Waals surface area contributed by atoms with Crippen LogP contribution in [0.5, 0.6) is 5.75 Å². The average Bonchev–Trinajstić information content (AvgIpc) is 2.87. The molecule has 1 aromatic carbocycles. The van der Waals surface area contributed by atoms with Gasteiger partial charge in [-0.05, 0) is 38.5 Å². The van der Waals surface area contributed by atoms with Gasteiger partial charge in [-0.15, -0.1) is 0 Å². The lowest BCUT2D eigenvalue weighted by atomic mass is 9.89. The van der Waals surface area contributed by atoms with Gasteiger partial charge < -0.3 is 10.1 Å². The third kappa shape index (κ3) is 3.09. The first-order valence-electron chi connectivity index (χ1n) is 7.27. The van der Waals surface area contributed by atoms with Crippen molar-refractivity contribution in [3.8, 4) is 5.75 Å². The Hall–Kier alpha value is -0.670. The lowest BCUT2D eigenvalue weighted by Gasteiger charge is -2.38. The third-order valence-electron chi connectivity index (χ3n) is 3.99. The summed E-state index contributed by atoms with van der Waals surface area (Å²) in [5.74, 6) is 2.39. The Morgan fingerprint density at radius 2 is 2.21 bits per heavy atom. The van der Waals surface area contributed by atoms with E-state index in [1.54, 1.807) is 0 Å². The molecule has 0 aromatic heterocycles. The normalized spacial score (nSPS) is 28.7. The molecule has 2 aliphatic rings. The van der Waals surface area contributed by atoms with Crippen molar-refractivity contribution in [3.63, 3.8) is 0 Å². The number of ether oxygens (including phenoxy) is 1. The van der Waals surface area contributed by atoms with E-state index in [1.807, 2.05) is 0 Å². The van der Waals surface area contributed by atoms with Crippen molar-refractivity contribution in [2.75, 3.05) is 12.3 Å². The van der Waals surface area contributed by atoms with Crippen LogP contribution in [0.2, 0.25) is 0 Å². The van der Waals surface area contributed by atoms with Gasteiger partial charge in [0.2, 0.25) is 0 Å². The summed E-state index contributed by atoms with van der Waals surface area (Å²) in [6.07, 6.45) is 3.79. The van der Waals surface area contributed by atoms with Gasteiger partial charge in [0.15, 0.2) is 0 Å². The van der Waals surface area contributed by atoms with Gasteiger partial charge in [-0.1, -0.05) is 18.2 Å². The third-order valence-corrected chi connectivity index (χ3v) is 5.39. The largest absolute Gasteiger partial charge is 0.487 e. The van der Waals surface area contributed by atoms with Crippen LogP contribution in [0.1, 0.15) is 44.7 Å². The first-order chi connectivity index (χ1) is 9.14. The Balaban J connectivity index is 1.72. The van der Waals surface area contributed by atoms with Crippen LogP contribution in [0, 0.1) is 0 Å². The summed E-state index contributed by atoms with van der Waals surface area (Å²) < 4.78 is 6.08. The minimum absolute atomic E-state index is 0.0746. The second-order valence-corrected chi connectivity index (χ2v) is 7.61. The maximum atomic E-state index is 6.08. The predicted molar refractivity (Wildman–Crippen MR) is 82.0 cm³/mol. The zero-order valence-electron chi connectivity index (χ0n) is 11.8. The van der Waals surface area contributed by atoms with E-state index >= 15 is 0 Å². The van der Waals surface area contributed by atoms with Crippen LogP contribution < -0.4 is 10.1 Å². The molecule has 0 radical (unpaired) electrons. The molecule has 2 atom stereocenters. The average molecular weight is 277 g/mol. The van der Waals surface area contributed by atoms with Crippen LogP contribution in [-0.4, -0.2) is 23.1 Å². The van der Waals surface area contributed by atoms with Gasteiger partial charge in [0.25, 0.3) is 0 Å². The van der Waals surface area contributed by atoms with Crippen LogP contribution in [0.25, 0.3) is 0 Å². The summed E-state index contributed by atoms with van der Waals surface area (Å²) in [7, 11) is 0. The number of hydrogen-bond acceptors (Lipinski definition) is 3. The molecule has 2 unspecified atom stereocenters. The molecule has 2 heterocycles. The van der Waals surface area contributed by atoms with E-state index in [2.05, 4.69) is 55.2 Å². The molecule has 19 heavy (non-hydrogen) atoms. The maximum Gasteiger partial charge on any atom is 0.124 e. The fraction of sp³-hybridized carbons (Fsp3) is 0.625. The molecule has 1 fully saturated rings. The summed E-state index contributed by atoms with van der Waals surface area (Å²) in [4.78, 5) is 0. The van der Waals surface area contributed by atoms with Crippen LogP contribution in [0.4, 0.5) is 0 Å². The van der Waals surface area contributed by atoms with Gasteiger partial charge >= 0.3 is 0 Å². The van der Waals surface area contributed by atoms with E-state index in [4.69, 9.17) is 4.74 Å². The monoisotopic (exact) mass is 277 g/mol. The van der Waals surface area contributed by atoms with Crippen LogP contribution in [0.3, 0.4) is 0 Å². The summed E-state index contributed by atoms with van der Waals surface area (Å²) in [5, 5.41) is 4.58. The van der Waals surface area contributed by atoms with E-state index in [0.29, 0.717) is 6.04 Å². The van der Waals surface area contributed by atoms with Gasteiger partial charge in [-0.2, -0.15) is 11.8 Å². The summed E-state index contributed by atoms with van der Waals surface area (Å²) in [6.45, 7) is 5.49. The number of thioether (sulfide) groups is 1. The maximum absolute atomic E-state index is 6.08. The Kier molecular flexibility index (Phi) is 3.77. The molecule has 0 saturated carbocycles. The first kappa shape index (κ1) is 13.3. The van der Waals surface area contributed by atoms with Crippen LogP contribution in [-0.2, 0) is 0 Å². The summed E-state index contributed by atoms with van der Waals surface area (Å²) >= 11 is 2.12. The molecule has 0 bridgehead atoms. The Morgan fingerprint density at radius 1 is 1.37 bits per heavy atom. The molecule has 1 aromatic rings. The van der Waals surface area contributed by atoms with E-state index < -0.39 is 0 Å². The zero-order valence-corrected chi connectivity index (χ0v) is 12.6. The Labute approximate surface area is 120 Å². The van der Waals surface area contributed by atoms with Gasteiger partial charge in [0.05, 0.1) is 0 Å². The minimum atomic E-state index is -0.0746. The number of nitrogens with one attached hydrogen (secondary N) is 1. The number of rotatable bonds is 3. The molecule has 2 nitrogen and oxygen atoms in total. The smallest absolute Gasteiger partial charge is 0.124 e. The Bertz CT molecular complexity index is 440. The number of para-hydroxylation sites is 1. The summed E-state index contributed by atoms with van der Waals surface area (Å²) in [6, 6.07) is 8.89. The molecule has 1 N–H and O–H groups in total. The molecule has 3 heteroatoms. The van der Waals surface area contributed by atoms with Gasteiger partial charge in [-0.25, -0.2) is 0 Å². The van der Waals surface area contributed by atoms with Gasteiger partial charge in [0, 0.05) is 29.8 Å². The molecule has 2 aliphatic heterocycles. The SMILES string of the molecule is CC1(C)CC(NCC2CCCS2)c2ccccc2O1. The Morgan fingerprint density at radius 3 is 3.00 bits per heavy atom. The number of hydrogen-bond donors (Lipinski definition) is 1. The van der Waals surface area contributed by atoms with Crippen molar-refractivity contribution in [1.29, 1.82) is 0 Å². The highest BCUT2D eigenvalue weighted by molar-refractivity contribution is 8.00. The van der Waals surface area contributed by atoms with Crippen molar-refractivity contribution in [2.45, 2.75) is 50.0 Å². The van der Waals surface area contributed by atoms with Crippen molar-refractivity contribution >= 4 is 11.8 Å². The van der Waals surface area contributed by atoms with E-state index in [9.17, 15) is 0 Å². The van der Waals surface area contributed by atoms with Gasteiger partial charge in [-0.3, -0.25) is 0 Å². The second kappa shape index (κ2) is 5.37. The summed E-state index contributed by atoms with van der Waals surface area (Å²) in [5.41, 5.74) is 1.25. The molecule has 3 rings (SSSR count).